The predicted octanol–water partition coefficient (Wildman–Crippen LogP) is 2.86. The van der Waals surface area contributed by atoms with E-state index in [0.29, 0.717) is 18.5 Å². The van der Waals surface area contributed by atoms with Crippen molar-refractivity contribution in [2.24, 2.45) is 11.7 Å². The zero-order valence-electron chi connectivity index (χ0n) is 12.6. The molecule has 104 valence electrons. The number of hydrogen-bond acceptors (Lipinski definition) is 2. The van der Waals surface area contributed by atoms with Crippen molar-refractivity contribution in [1.82, 2.24) is 4.90 Å². The molecule has 1 aromatic rings. The molecule has 2 nitrogen and oxygen atoms in total. The summed E-state index contributed by atoms with van der Waals surface area (Å²) in [6.07, 6.45) is 0. The minimum atomic E-state index is 0.414. The molecular weight excluding hydrogens is 232 g/mol. The molecule has 1 aromatic carbocycles. The van der Waals surface area contributed by atoms with Crippen LogP contribution in [-0.4, -0.2) is 24.0 Å². The van der Waals surface area contributed by atoms with Crippen LogP contribution in [0, 0.1) is 17.8 Å². The van der Waals surface area contributed by atoms with Gasteiger partial charge in [0, 0.05) is 24.7 Å². The Labute approximate surface area is 118 Å². The van der Waals surface area contributed by atoms with Crippen molar-refractivity contribution in [3.05, 3.63) is 35.4 Å². The molecule has 19 heavy (non-hydrogen) atoms. The van der Waals surface area contributed by atoms with E-state index in [2.05, 4.69) is 68.7 Å². The highest BCUT2D eigenvalue weighted by molar-refractivity contribution is 5.36. The van der Waals surface area contributed by atoms with Crippen LogP contribution in [0.25, 0.3) is 0 Å². The maximum Gasteiger partial charge on any atom is 0.0555 e. The number of nitrogens with two attached hydrogens (primary N) is 1. The third-order valence-corrected chi connectivity index (χ3v) is 3.00. The zero-order valence-corrected chi connectivity index (χ0v) is 12.6. The van der Waals surface area contributed by atoms with Gasteiger partial charge in [0.25, 0.3) is 0 Å². The van der Waals surface area contributed by atoms with Gasteiger partial charge in [-0.25, -0.2) is 0 Å². The molecule has 0 heterocycles. The van der Waals surface area contributed by atoms with Gasteiger partial charge in [-0.15, -0.1) is 0 Å². The van der Waals surface area contributed by atoms with E-state index in [-0.39, 0.29) is 0 Å². The van der Waals surface area contributed by atoms with Crippen LogP contribution < -0.4 is 5.73 Å². The lowest BCUT2D eigenvalue weighted by Crippen LogP contribution is -2.33. The molecule has 0 fully saturated rings. The van der Waals surface area contributed by atoms with Gasteiger partial charge in [0.15, 0.2) is 0 Å². The summed E-state index contributed by atoms with van der Waals surface area (Å²) in [5.41, 5.74) is 7.75. The molecule has 0 aliphatic rings. The standard InChI is InChI=1S/C17H26N2/c1-14(2)12-19(15(3)4)13-17-9-7-16(8-10-17)6-5-11-18/h7-10,14-15H,11-13,18H2,1-4H3. The quantitative estimate of drug-likeness (QED) is 0.823. The average Bonchev–Trinajstić information content (AvgIpc) is 2.36. The van der Waals surface area contributed by atoms with Gasteiger partial charge in [0.2, 0.25) is 0 Å². The van der Waals surface area contributed by atoms with Crippen LogP contribution >= 0.6 is 0 Å². The molecule has 0 aliphatic carbocycles. The van der Waals surface area contributed by atoms with Crippen LogP contribution in [0.2, 0.25) is 0 Å². The summed E-state index contributed by atoms with van der Waals surface area (Å²) in [5.74, 6) is 6.62. The van der Waals surface area contributed by atoms with Crippen molar-refractivity contribution in [3.8, 4) is 11.8 Å². The monoisotopic (exact) mass is 258 g/mol. The van der Waals surface area contributed by atoms with Gasteiger partial charge < -0.3 is 5.73 Å². The van der Waals surface area contributed by atoms with Crippen LogP contribution in [0.4, 0.5) is 0 Å². The second kappa shape index (κ2) is 7.99. The summed E-state index contributed by atoms with van der Waals surface area (Å²) in [6, 6.07) is 9.05. The van der Waals surface area contributed by atoms with Crippen molar-refractivity contribution in [1.29, 1.82) is 0 Å². The van der Waals surface area contributed by atoms with Crippen molar-refractivity contribution in [3.63, 3.8) is 0 Å². The zero-order chi connectivity index (χ0) is 14.3. The Kier molecular flexibility index (Phi) is 6.62. The van der Waals surface area contributed by atoms with Crippen molar-refractivity contribution >= 4 is 0 Å². The van der Waals surface area contributed by atoms with Crippen LogP contribution in [0.5, 0.6) is 0 Å². The summed E-state index contributed by atoms with van der Waals surface area (Å²) in [7, 11) is 0. The number of rotatable bonds is 5. The molecule has 0 atom stereocenters. The third kappa shape index (κ3) is 5.92. The van der Waals surface area contributed by atoms with Gasteiger partial charge in [-0.1, -0.05) is 37.8 Å². The van der Waals surface area contributed by atoms with Gasteiger partial charge in [-0.2, -0.15) is 0 Å². The van der Waals surface area contributed by atoms with E-state index in [4.69, 9.17) is 5.73 Å². The second-order valence-corrected chi connectivity index (χ2v) is 5.62. The molecular formula is C17H26N2. The fourth-order valence-corrected chi connectivity index (χ4v) is 2.01. The van der Waals surface area contributed by atoms with E-state index in [1.165, 1.54) is 5.56 Å². The van der Waals surface area contributed by atoms with E-state index in [1.54, 1.807) is 0 Å². The first-order valence-electron chi connectivity index (χ1n) is 7.05. The lowest BCUT2D eigenvalue weighted by Gasteiger charge is -2.28. The first kappa shape index (κ1) is 15.8. The summed E-state index contributed by atoms with van der Waals surface area (Å²) in [4.78, 5) is 2.51. The highest BCUT2D eigenvalue weighted by Crippen LogP contribution is 2.11. The van der Waals surface area contributed by atoms with E-state index in [9.17, 15) is 0 Å². The third-order valence-electron chi connectivity index (χ3n) is 3.00. The Morgan fingerprint density at radius 3 is 2.21 bits per heavy atom. The lowest BCUT2D eigenvalue weighted by atomic mass is 10.1. The summed E-state index contributed by atoms with van der Waals surface area (Å²) in [5, 5.41) is 0. The van der Waals surface area contributed by atoms with E-state index >= 15 is 0 Å². The average molecular weight is 258 g/mol. The van der Waals surface area contributed by atoms with Gasteiger partial charge in [-0.05, 0) is 37.5 Å². The molecule has 0 unspecified atom stereocenters. The Morgan fingerprint density at radius 1 is 1.11 bits per heavy atom. The van der Waals surface area contributed by atoms with Crippen molar-refractivity contribution < 1.29 is 0 Å². The van der Waals surface area contributed by atoms with E-state index in [1.807, 2.05) is 0 Å². The van der Waals surface area contributed by atoms with Crippen molar-refractivity contribution in [2.75, 3.05) is 13.1 Å². The highest BCUT2D eigenvalue weighted by Gasteiger charge is 2.11. The number of hydrogen-bond donors (Lipinski definition) is 1. The van der Waals surface area contributed by atoms with Crippen LogP contribution in [0.3, 0.4) is 0 Å². The number of benzene rings is 1. The smallest absolute Gasteiger partial charge is 0.0555 e. The molecule has 0 saturated carbocycles. The van der Waals surface area contributed by atoms with Crippen LogP contribution in [0.15, 0.2) is 24.3 Å². The highest BCUT2D eigenvalue weighted by atomic mass is 15.1. The summed E-state index contributed by atoms with van der Waals surface area (Å²) in [6.45, 7) is 11.6. The molecule has 0 saturated heterocycles. The maximum atomic E-state index is 5.37. The summed E-state index contributed by atoms with van der Waals surface area (Å²) < 4.78 is 0. The molecule has 0 aliphatic heterocycles. The summed E-state index contributed by atoms with van der Waals surface area (Å²) >= 11 is 0. The normalized spacial score (nSPS) is 10.9. The number of nitrogens with zero attached hydrogens (tertiary/aromatic N) is 1. The lowest BCUT2D eigenvalue weighted by molar-refractivity contribution is 0.189. The molecule has 0 amide bonds. The Bertz CT molecular complexity index is 421. The second-order valence-electron chi connectivity index (χ2n) is 5.62. The first-order chi connectivity index (χ1) is 9.02. The van der Waals surface area contributed by atoms with Gasteiger partial charge in [0.05, 0.1) is 6.54 Å². The SMILES string of the molecule is CC(C)CN(Cc1ccc(C#CCN)cc1)C(C)C. The molecule has 1 rings (SSSR count). The predicted molar refractivity (Wildman–Crippen MR) is 82.8 cm³/mol. The van der Waals surface area contributed by atoms with E-state index in [0.717, 1.165) is 18.7 Å². The van der Waals surface area contributed by atoms with Crippen LogP contribution in [-0.2, 0) is 6.54 Å². The van der Waals surface area contributed by atoms with Gasteiger partial charge in [-0.3, -0.25) is 4.90 Å². The molecule has 0 bridgehead atoms. The minimum absolute atomic E-state index is 0.414. The van der Waals surface area contributed by atoms with Gasteiger partial charge >= 0.3 is 0 Å². The molecule has 0 aromatic heterocycles. The van der Waals surface area contributed by atoms with Gasteiger partial charge in [0.1, 0.15) is 0 Å². The molecule has 2 heteroatoms. The van der Waals surface area contributed by atoms with Crippen molar-refractivity contribution in [2.45, 2.75) is 40.3 Å². The minimum Gasteiger partial charge on any atom is -0.320 e. The van der Waals surface area contributed by atoms with Crippen LogP contribution in [0.1, 0.15) is 38.8 Å². The Hall–Kier alpha value is -1.30. The maximum absolute atomic E-state index is 5.37. The largest absolute Gasteiger partial charge is 0.320 e. The fraction of sp³-hybridized carbons (Fsp3) is 0.529. The van der Waals surface area contributed by atoms with E-state index < -0.39 is 0 Å². The fourth-order valence-electron chi connectivity index (χ4n) is 2.01. The molecule has 2 N–H and O–H groups in total. The molecule has 0 radical (unpaired) electrons. The molecule has 0 spiro atoms. The topological polar surface area (TPSA) is 29.3 Å². The Balaban J connectivity index is 2.69. The Morgan fingerprint density at radius 2 is 1.74 bits per heavy atom. The first-order valence-corrected chi connectivity index (χ1v) is 7.05.